The van der Waals surface area contributed by atoms with Gasteiger partial charge in [0, 0.05) is 10.2 Å². The molecule has 5 N–H and O–H groups in total. The molecule has 0 fully saturated rings. The smallest absolute Gasteiger partial charge is 0.335 e. The van der Waals surface area contributed by atoms with Gasteiger partial charge in [0.25, 0.3) is 0 Å². The van der Waals surface area contributed by atoms with E-state index < -0.39 is 12.1 Å². The first-order chi connectivity index (χ1) is 13.9. The molecule has 1 aromatic heterocycles. The van der Waals surface area contributed by atoms with Crippen molar-refractivity contribution in [3.05, 3.63) is 74.6 Å². The lowest BCUT2D eigenvalue weighted by molar-refractivity contribution is 0.0697. The second-order valence-electron chi connectivity index (χ2n) is 6.16. The van der Waals surface area contributed by atoms with Crippen LogP contribution >= 0.6 is 15.9 Å². The monoisotopic (exact) mass is 455 g/mol. The van der Waals surface area contributed by atoms with Crippen LogP contribution in [-0.2, 0) is 0 Å². The average molecular weight is 456 g/mol. The van der Waals surface area contributed by atoms with E-state index >= 15 is 0 Å². The highest BCUT2D eigenvalue weighted by Crippen LogP contribution is 2.23. The van der Waals surface area contributed by atoms with Crippen molar-refractivity contribution in [2.24, 2.45) is 15.7 Å². The zero-order valence-corrected chi connectivity index (χ0v) is 16.3. The lowest BCUT2D eigenvalue weighted by atomic mass is 10.1. The molecule has 29 heavy (non-hydrogen) atoms. The third kappa shape index (κ3) is 3.83. The van der Waals surface area contributed by atoms with E-state index in [0.717, 1.165) is 4.47 Å². The Kier molecular flexibility index (Phi) is 4.77. The van der Waals surface area contributed by atoms with Gasteiger partial charge in [-0.2, -0.15) is 0 Å². The summed E-state index contributed by atoms with van der Waals surface area (Å²) in [5, 5.41) is 15.1. The number of hydrogen-bond donors (Lipinski definition) is 4. The number of hydrogen-bond acceptors (Lipinski definition) is 8. The minimum Gasteiger partial charge on any atom is -0.478 e. The predicted molar refractivity (Wildman–Crippen MR) is 112 cm³/mol. The average Bonchev–Trinajstić information content (AvgIpc) is 2.68. The van der Waals surface area contributed by atoms with Gasteiger partial charge in [0.05, 0.1) is 16.5 Å². The molecule has 4 rings (SSSR count). The zero-order valence-electron chi connectivity index (χ0n) is 14.7. The van der Waals surface area contributed by atoms with Crippen molar-refractivity contribution in [3.8, 4) is 0 Å². The van der Waals surface area contributed by atoms with Gasteiger partial charge in [-0.05, 0) is 42.5 Å². The molecule has 2 heterocycles. The molecule has 1 atom stereocenters. The van der Waals surface area contributed by atoms with Crippen LogP contribution in [0.25, 0.3) is 11.0 Å². The molecule has 2 aromatic carbocycles. The van der Waals surface area contributed by atoms with Gasteiger partial charge in [0.2, 0.25) is 5.96 Å². The van der Waals surface area contributed by atoms with Gasteiger partial charge >= 0.3 is 5.97 Å². The number of fused-ring (bicyclic) bond motifs is 1. The number of carboxylic acids is 1. The van der Waals surface area contributed by atoms with E-state index in [1.165, 1.54) is 18.4 Å². The Morgan fingerprint density at radius 3 is 2.69 bits per heavy atom. The van der Waals surface area contributed by atoms with E-state index in [0.29, 0.717) is 16.7 Å². The number of nitrogens with one attached hydrogen (secondary N) is 2. The Morgan fingerprint density at radius 2 is 1.97 bits per heavy atom. The normalized spacial score (nSPS) is 16.0. The molecule has 0 radical (unpaired) electrons. The third-order valence-corrected chi connectivity index (χ3v) is 4.69. The minimum atomic E-state index is -1.02. The molecule has 10 heteroatoms. The van der Waals surface area contributed by atoms with Crippen LogP contribution in [0, 0.1) is 0 Å². The van der Waals surface area contributed by atoms with E-state index in [-0.39, 0.29) is 28.5 Å². The van der Waals surface area contributed by atoms with Crippen LogP contribution in [0.1, 0.15) is 22.1 Å². The minimum absolute atomic E-state index is 0.0726. The summed E-state index contributed by atoms with van der Waals surface area (Å²) in [7, 11) is 0. The maximum atomic E-state index is 12.9. The number of anilines is 1. The maximum absolute atomic E-state index is 12.9. The van der Waals surface area contributed by atoms with Crippen LogP contribution in [0.3, 0.4) is 0 Å². The van der Waals surface area contributed by atoms with E-state index in [4.69, 9.17) is 15.3 Å². The predicted octanol–water partition coefficient (Wildman–Crippen LogP) is 2.64. The molecule has 0 saturated carbocycles. The summed E-state index contributed by atoms with van der Waals surface area (Å²) >= 11 is 3.34. The molecular weight excluding hydrogens is 442 g/mol. The summed E-state index contributed by atoms with van der Waals surface area (Å²) in [6.07, 6.45) is 0.436. The Labute approximate surface area is 172 Å². The Hall–Kier alpha value is -3.66. The van der Waals surface area contributed by atoms with E-state index in [9.17, 15) is 9.59 Å². The first-order valence-corrected chi connectivity index (χ1v) is 9.19. The number of nitrogens with two attached hydrogens (primary N) is 1. The summed E-state index contributed by atoms with van der Waals surface area (Å²) in [5.41, 5.74) is 7.03. The second-order valence-corrected chi connectivity index (χ2v) is 7.07. The molecule has 3 aromatic rings. The highest BCUT2D eigenvalue weighted by molar-refractivity contribution is 9.10. The van der Waals surface area contributed by atoms with Crippen LogP contribution in [-0.4, -0.2) is 23.0 Å². The van der Waals surface area contributed by atoms with Crippen molar-refractivity contribution in [2.45, 2.75) is 6.17 Å². The van der Waals surface area contributed by atoms with Crippen molar-refractivity contribution >= 4 is 50.5 Å². The molecule has 0 spiro atoms. The van der Waals surface area contributed by atoms with Gasteiger partial charge in [-0.15, -0.1) is 0 Å². The molecule has 0 bridgehead atoms. The van der Waals surface area contributed by atoms with Gasteiger partial charge in [0.15, 0.2) is 17.6 Å². The summed E-state index contributed by atoms with van der Waals surface area (Å²) in [6.45, 7) is 0. The fourth-order valence-electron chi connectivity index (χ4n) is 2.80. The van der Waals surface area contributed by atoms with Gasteiger partial charge < -0.3 is 20.6 Å². The molecule has 146 valence electrons. The number of halogens is 1. The van der Waals surface area contributed by atoms with E-state index in [1.807, 2.05) is 0 Å². The van der Waals surface area contributed by atoms with Crippen molar-refractivity contribution in [1.82, 2.24) is 5.32 Å². The fraction of sp³-hybridized carbons (Fsp3) is 0.0526. The lowest BCUT2D eigenvalue weighted by Gasteiger charge is -2.20. The highest BCUT2D eigenvalue weighted by Gasteiger charge is 2.21. The molecule has 1 unspecified atom stereocenters. The number of aliphatic imine (C=N–C) groups is 2. The summed E-state index contributed by atoms with van der Waals surface area (Å²) < 4.78 is 6.31. The molecular formula is C19H14BrN5O4. The number of carbonyl (C=O) groups is 1. The molecule has 0 amide bonds. The van der Waals surface area contributed by atoms with Crippen LogP contribution in [0.2, 0.25) is 0 Å². The summed E-state index contributed by atoms with van der Waals surface area (Å²) in [6, 6.07) is 11.2. The number of benzene rings is 2. The Morgan fingerprint density at radius 1 is 1.21 bits per heavy atom. The SMILES string of the molecule is NC1=NC(c2coc3ccc(Br)cc3c2=O)N=C(Nc2ccc(C(=O)O)cc2)N1. The number of aromatic carboxylic acids is 1. The second kappa shape index (κ2) is 7.40. The standard InChI is InChI=1S/C19H14BrN5O4/c20-10-3-6-14-12(7-10)15(26)13(8-29-14)16-23-18(21)25-19(24-16)22-11-4-1-9(2-5-11)17(27)28/h1-8,16H,(H,27,28)(H4,21,22,23,24,25). The van der Waals surface area contributed by atoms with Crippen molar-refractivity contribution < 1.29 is 14.3 Å². The van der Waals surface area contributed by atoms with Crippen molar-refractivity contribution in [3.63, 3.8) is 0 Å². The Bertz CT molecular complexity index is 1230. The molecule has 1 aliphatic heterocycles. The third-order valence-electron chi connectivity index (χ3n) is 4.19. The quantitative estimate of drug-likeness (QED) is 0.475. The lowest BCUT2D eigenvalue weighted by Crippen LogP contribution is -2.44. The zero-order chi connectivity index (χ0) is 20.5. The molecule has 0 aliphatic carbocycles. The van der Waals surface area contributed by atoms with Crippen molar-refractivity contribution in [1.29, 1.82) is 0 Å². The van der Waals surface area contributed by atoms with Crippen LogP contribution in [0.15, 0.2) is 72.4 Å². The van der Waals surface area contributed by atoms with Gasteiger partial charge in [-0.25, -0.2) is 14.8 Å². The van der Waals surface area contributed by atoms with Gasteiger partial charge in [-0.3, -0.25) is 10.1 Å². The number of rotatable bonds is 3. The molecule has 0 saturated heterocycles. The molecule has 9 nitrogen and oxygen atoms in total. The van der Waals surface area contributed by atoms with E-state index in [1.54, 1.807) is 30.3 Å². The van der Waals surface area contributed by atoms with E-state index in [2.05, 4.69) is 36.5 Å². The topological polar surface area (TPSA) is 142 Å². The van der Waals surface area contributed by atoms with Crippen LogP contribution in [0.4, 0.5) is 5.69 Å². The first kappa shape index (κ1) is 18.7. The largest absolute Gasteiger partial charge is 0.478 e. The number of carboxylic acid groups (broad SMARTS) is 1. The maximum Gasteiger partial charge on any atom is 0.335 e. The number of nitrogens with zero attached hydrogens (tertiary/aromatic N) is 2. The summed E-state index contributed by atoms with van der Waals surface area (Å²) in [4.78, 5) is 32.4. The highest BCUT2D eigenvalue weighted by atomic mass is 79.9. The first-order valence-electron chi connectivity index (χ1n) is 8.40. The summed E-state index contributed by atoms with van der Waals surface area (Å²) in [5.74, 6) is -0.682. The number of guanidine groups is 2. The van der Waals surface area contributed by atoms with Crippen LogP contribution in [0.5, 0.6) is 0 Å². The molecule has 1 aliphatic rings. The Balaban J connectivity index is 1.67. The van der Waals surface area contributed by atoms with Gasteiger partial charge in [-0.1, -0.05) is 15.9 Å². The van der Waals surface area contributed by atoms with Crippen molar-refractivity contribution in [2.75, 3.05) is 5.32 Å². The van der Waals surface area contributed by atoms with Gasteiger partial charge in [0.1, 0.15) is 11.8 Å². The fourth-order valence-corrected chi connectivity index (χ4v) is 3.16. The van der Waals surface area contributed by atoms with Crippen LogP contribution < -0.4 is 21.8 Å².